The van der Waals surface area contributed by atoms with E-state index < -0.39 is 5.97 Å². The number of benzene rings is 1. The lowest BCUT2D eigenvalue weighted by atomic mass is 9.97. The van der Waals surface area contributed by atoms with Crippen LogP contribution < -0.4 is 0 Å². The van der Waals surface area contributed by atoms with Crippen LogP contribution in [0, 0.1) is 5.92 Å². The fourth-order valence-electron chi connectivity index (χ4n) is 3.52. The molecule has 1 aliphatic rings. The predicted octanol–water partition coefficient (Wildman–Crippen LogP) is 4.41. The Morgan fingerprint density at radius 3 is 2.81 bits per heavy atom. The average molecular weight is 285 g/mol. The van der Waals surface area contributed by atoms with Crippen LogP contribution in [-0.2, 0) is 11.3 Å². The summed E-state index contributed by atoms with van der Waals surface area (Å²) < 4.78 is 2.35. The molecule has 0 amide bonds. The van der Waals surface area contributed by atoms with Crippen molar-refractivity contribution in [1.82, 2.24) is 4.57 Å². The maximum absolute atomic E-state index is 10.9. The zero-order valence-corrected chi connectivity index (χ0v) is 12.6. The molecule has 3 nitrogen and oxygen atoms in total. The van der Waals surface area contributed by atoms with Crippen LogP contribution in [0.3, 0.4) is 0 Å². The standard InChI is InChI=1S/C18H23NO2/c1-13(10-18(20)21)16-7-6-15-8-9-19(17(15)11-16)12-14-4-2-3-5-14/h6-9,11,13-14H,2-5,10,12H2,1H3,(H,20,21). The van der Waals surface area contributed by atoms with Crippen LogP contribution in [0.4, 0.5) is 0 Å². The predicted molar refractivity (Wildman–Crippen MR) is 84.6 cm³/mol. The smallest absolute Gasteiger partial charge is 0.303 e. The van der Waals surface area contributed by atoms with E-state index in [1.807, 2.05) is 6.92 Å². The van der Waals surface area contributed by atoms with E-state index in [9.17, 15) is 4.79 Å². The zero-order valence-electron chi connectivity index (χ0n) is 12.6. The van der Waals surface area contributed by atoms with Crippen molar-refractivity contribution >= 4 is 16.9 Å². The molecule has 3 heteroatoms. The highest BCUT2D eigenvalue weighted by Crippen LogP contribution is 2.29. The highest BCUT2D eigenvalue weighted by molar-refractivity contribution is 5.81. The summed E-state index contributed by atoms with van der Waals surface area (Å²) >= 11 is 0. The van der Waals surface area contributed by atoms with Gasteiger partial charge >= 0.3 is 5.97 Å². The fourth-order valence-corrected chi connectivity index (χ4v) is 3.52. The first kappa shape index (κ1) is 14.2. The minimum absolute atomic E-state index is 0.0572. The van der Waals surface area contributed by atoms with Crippen LogP contribution in [0.5, 0.6) is 0 Å². The van der Waals surface area contributed by atoms with E-state index in [2.05, 4.69) is 35.0 Å². The molecule has 0 aliphatic heterocycles. The summed E-state index contributed by atoms with van der Waals surface area (Å²) in [7, 11) is 0. The number of nitrogens with zero attached hydrogens (tertiary/aromatic N) is 1. The summed E-state index contributed by atoms with van der Waals surface area (Å²) in [6, 6.07) is 8.53. The number of rotatable bonds is 5. The first-order valence-electron chi connectivity index (χ1n) is 7.94. The average Bonchev–Trinajstić information content (AvgIpc) is 3.08. The first-order valence-corrected chi connectivity index (χ1v) is 7.94. The molecule has 3 rings (SSSR count). The van der Waals surface area contributed by atoms with E-state index in [0.29, 0.717) is 0 Å². The van der Waals surface area contributed by atoms with Gasteiger partial charge < -0.3 is 9.67 Å². The normalized spacial score (nSPS) is 17.4. The summed E-state index contributed by atoms with van der Waals surface area (Å²) in [5.41, 5.74) is 2.37. The van der Waals surface area contributed by atoms with Crippen LogP contribution in [0.15, 0.2) is 30.5 Å². The van der Waals surface area contributed by atoms with Gasteiger partial charge in [0.05, 0.1) is 6.42 Å². The van der Waals surface area contributed by atoms with Gasteiger partial charge in [-0.25, -0.2) is 0 Å². The van der Waals surface area contributed by atoms with Gasteiger partial charge in [-0.3, -0.25) is 4.79 Å². The fraction of sp³-hybridized carbons (Fsp3) is 0.500. The second kappa shape index (κ2) is 5.92. The molecule has 1 atom stereocenters. The summed E-state index contributed by atoms with van der Waals surface area (Å²) in [5, 5.41) is 10.2. The Balaban J connectivity index is 1.86. The zero-order chi connectivity index (χ0) is 14.8. The highest BCUT2D eigenvalue weighted by Gasteiger charge is 2.17. The van der Waals surface area contributed by atoms with Gasteiger partial charge in [0.1, 0.15) is 0 Å². The molecule has 2 aromatic rings. The number of hydrogen-bond donors (Lipinski definition) is 1. The van der Waals surface area contributed by atoms with Gasteiger partial charge in [-0.05, 0) is 47.8 Å². The van der Waals surface area contributed by atoms with E-state index in [1.54, 1.807) is 0 Å². The third kappa shape index (κ3) is 3.12. The van der Waals surface area contributed by atoms with E-state index in [1.165, 1.54) is 36.6 Å². The number of carboxylic acids is 1. The Bertz CT molecular complexity index is 638. The number of hydrogen-bond acceptors (Lipinski definition) is 1. The highest BCUT2D eigenvalue weighted by atomic mass is 16.4. The Kier molecular flexibility index (Phi) is 4.00. The van der Waals surface area contributed by atoms with Crippen molar-refractivity contribution in [3.05, 3.63) is 36.0 Å². The van der Waals surface area contributed by atoms with E-state index in [-0.39, 0.29) is 12.3 Å². The summed E-state index contributed by atoms with van der Waals surface area (Å²) in [5.74, 6) is 0.131. The number of carboxylic acid groups (broad SMARTS) is 1. The largest absolute Gasteiger partial charge is 0.481 e. The summed E-state index contributed by atoms with van der Waals surface area (Å²) in [6.07, 6.45) is 7.78. The molecule has 1 saturated carbocycles. The Morgan fingerprint density at radius 2 is 2.10 bits per heavy atom. The lowest BCUT2D eigenvalue weighted by Gasteiger charge is -2.14. The van der Waals surface area contributed by atoms with Crippen LogP contribution in [-0.4, -0.2) is 15.6 Å². The molecule has 112 valence electrons. The van der Waals surface area contributed by atoms with Crippen molar-refractivity contribution in [2.24, 2.45) is 5.92 Å². The van der Waals surface area contributed by atoms with Crippen molar-refractivity contribution in [3.8, 4) is 0 Å². The molecule has 0 spiro atoms. The maximum Gasteiger partial charge on any atom is 0.303 e. The number of aliphatic carboxylic acids is 1. The van der Waals surface area contributed by atoms with Crippen LogP contribution in [0.2, 0.25) is 0 Å². The molecule has 1 heterocycles. The minimum Gasteiger partial charge on any atom is -0.481 e. The quantitative estimate of drug-likeness (QED) is 0.884. The molecule has 1 aromatic carbocycles. The van der Waals surface area contributed by atoms with Gasteiger partial charge in [0, 0.05) is 18.3 Å². The van der Waals surface area contributed by atoms with Gasteiger partial charge in [-0.1, -0.05) is 31.9 Å². The molecule has 1 aliphatic carbocycles. The van der Waals surface area contributed by atoms with Gasteiger partial charge in [-0.2, -0.15) is 0 Å². The SMILES string of the molecule is CC(CC(=O)O)c1ccc2ccn(CC3CCCC3)c2c1. The Labute approximate surface area is 125 Å². The second-order valence-corrected chi connectivity index (χ2v) is 6.44. The van der Waals surface area contributed by atoms with Crippen LogP contribution in [0.1, 0.15) is 50.5 Å². The van der Waals surface area contributed by atoms with E-state index >= 15 is 0 Å². The maximum atomic E-state index is 10.9. The van der Waals surface area contributed by atoms with Crippen molar-refractivity contribution in [2.45, 2.75) is 51.5 Å². The van der Waals surface area contributed by atoms with Gasteiger partial charge in [0.2, 0.25) is 0 Å². The molecule has 21 heavy (non-hydrogen) atoms. The molecular formula is C18H23NO2. The topological polar surface area (TPSA) is 42.2 Å². The first-order chi connectivity index (χ1) is 10.1. The van der Waals surface area contributed by atoms with E-state index in [0.717, 1.165) is 18.0 Å². The molecule has 1 fully saturated rings. The van der Waals surface area contributed by atoms with Crippen molar-refractivity contribution in [1.29, 1.82) is 0 Å². The van der Waals surface area contributed by atoms with Gasteiger partial charge in [0.15, 0.2) is 0 Å². The third-order valence-electron chi connectivity index (χ3n) is 4.78. The number of carbonyl (C=O) groups is 1. The Hall–Kier alpha value is -1.77. The van der Waals surface area contributed by atoms with E-state index in [4.69, 9.17) is 5.11 Å². The van der Waals surface area contributed by atoms with Crippen LogP contribution >= 0.6 is 0 Å². The molecule has 1 N–H and O–H groups in total. The molecule has 1 unspecified atom stereocenters. The molecular weight excluding hydrogens is 262 g/mol. The van der Waals surface area contributed by atoms with Crippen molar-refractivity contribution < 1.29 is 9.90 Å². The summed E-state index contributed by atoms with van der Waals surface area (Å²) in [4.78, 5) is 10.9. The molecule has 0 saturated heterocycles. The van der Waals surface area contributed by atoms with Gasteiger partial charge in [0.25, 0.3) is 0 Å². The van der Waals surface area contributed by atoms with Crippen molar-refractivity contribution in [3.63, 3.8) is 0 Å². The summed E-state index contributed by atoms with van der Waals surface area (Å²) in [6.45, 7) is 3.08. The van der Waals surface area contributed by atoms with Gasteiger partial charge in [-0.15, -0.1) is 0 Å². The molecule has 0 bridgehead atoms. The Morgan fingerprint density at radius 1 is 1.33 bits per heavy atom. The number of fused-ring (bicyclic) bond motifs is 1. The lowest BCUT2D eigenvalue weighted by Crippen LogP contribution is -2.07. The monoisotopic (exact) mass is 285 g/mol. The lowest BCUT2D eigenvalue weighted by molar-refractivity contribution is -0.137. The minimum atomic E-state index is -0.732. The van der Waals surface area contributed by atoms with Crippen LogP contribution in [0.25, 0.3) is 10.9 Å². The van der Waals surface area contributed by atoms with Crippen molar-refractivity contribution in [2.75, 3.05) is 0 Å². The molecule has 1 aromatic heterocycles. The molecule has 0 radical (unpaired) electrons. The second-order valence-electron chi connectivity index (χ2n) is 6.44. The number of aromatic nitrogens is 1. The third-order valence-corrected chi connectivity index (χ3v) is 4.78.